The summed E-state index contributed by atoms with van der Waals surface area (Å²) >= 11 is 0. The van der Waals surface area contributed by atoms with Crippen molar-refractivity contribution in [2.45, 2.75) is 20.0 Å². The van der Waals surface area contributed by atoms with Gasteiger partial charge in [0.2, 0.25) is 0 Å². The number of hydrogen-bond acceptors (Lipinski definition) is 4. The van der Waals surface area contributed by atoms with Crippen LogP contribution < -0.4 is 10.1 Å². The highest BCUT2D eigenvalue weighted by atomic mass is 16.5. The van der Waals surface area contributed by atoms with Crippen LogP contribution in [0, 0.1) is 6.92 Å². The molecule has 0 aliphatic rings. The fourth-order valence-corrected chi connectivity index (χ4v) is 2.00. The van der Waals surface area contributed by atoms with Crippen molar-refractivity contribution in [1.82, 2.24) is 0 Å². The number of methoxy groups -OCH3 is 1. The van der Waals surface area contributed by atoms with Crippen molar-refractivity contribution >= 4 is 17.6 Å². The third-order valence-electron chi connectivity index (χ3n) is 3.25. The average molecular weight is 313 g/mol. The van der Waals surface area contributed by atoms with Gasteiger partial charge in [-0.15, -0.1) is 0 Å². The van der Waals surface area contributed by atoms with E-state index in [4.69, 9.17) is 4.74 Å². The van der Waals surface area contributed by atoms with Gasteiger partial charge in [-0.25, -0.2) is 4.79 Å². The van der Waals surface area contributed by atoms with Crippen LogP contribution in [0.5, 0.6) is 5.75 Å². The van der Waals surface area contributed by atoms with Crippen LogP contribution in [0.2, 0.25) is 0 Å². The molecule has 23 heavy (non-hydrogen) atoms. The van der Waals surface area contributed by atoms with E-state index in [0.717, 1.165) is 5.56 Å². The lowest BCUT2D eigenvalue weighted by Crippen LogP contribution is -2.30. The van der Waals surface area contributed by atoms with Gasteiger partial charge in [-0.3, -0.25) is 4.79 Å². The quantitative estimate of drug-likeness (QED) is 0.861. The Morgan fingerprint density at radius 2 is 1.78 bits per heavy atom. The predicted molar refractivity (Wildman–Crippen MR) is 87.7 cm³/mol. The standard InChI is InChI=1S/C18H19NO4/c1-12-5-4-6-16(11-12)23-13(2)17(20)19-15-9-7-14(8-10-15)18(21)22-3/h4-11,13H,1-3H3,(H,19,20)/t13-/m0/s1. The summed E-state index contributed by atoms with van der Waals surface area (Å²) in [5.74, 6) is -0.0370. The van der Waals surface area contributed by atoms with Crippen LogP contribution in [0.3, 0.4) is 0 Å². The first-order valence-electron chi connectivity index (χ1n) is 7.22. The molecule has 0 radical (unpaired) electrons. The lowest BCUT2D eigenvalue weighted by atomic mass is 10.2. The van der Waals surface area contributed by atoms with Gasteiger partial charge in [0.05, 0.1) is 12.7 Å². The van der Waals surface area contributed by atoms with Crippen LogP contribution in [-0.2, 0) is 9.53 Å². The summed E-state index contributed by atoms with van der Waals surface area (Å²) in [5.41, 5.74) is 2.07. The van der Waals surface area contributed by atoms with Gasteiger partial charge in [-0.05, 0) is 55.8 Å². The van der Waals surface area contributed by atoms with Crippen molar-refractivity contribution in [3.63, 3.8) is 0 Å². The lowest BCUT2D eigenvalue weighted by molar-refractivity contribution is -0.122. The first-order chi connectivity index (χ1) is 11.0. The zero-order chi connectivity index (χ0) is 16.8. The summed E-state index contributed by atoms with van der Waals surface area (Å²) < 4.78 is 10.2. The summed E-state index contributed by atoms with van der Waals surface area (Å²) in [6, 6.07) is 14.0. The van der Waals surface area contributed by atoms with Crippen LogP contribution in [0.1, 0.15) is 22.8 Å². The molecule has 1 atom stereocenters. The first kappa shape index (κ1) is 16.5. The number of rotatable bonds is 5. The minimum absolute atomic E-state index is 0.266. The molecule has 2 aromatic rings. The molecular weight excluding hydrogens is 294 g/mol. The number of aryl methyl sites for hydroxylation is 1. The highest BCUT2D eigenvalue weighted by molar-refractivity contribution is 5.95. The van der Waals surface area contributed by atoms with E-state index >= 15 is 0 Å². The topological polar surface area (TPSA) is 64.6 Å². The van der Waals surface area contributed by atoms with Gasteiger partial charge in [-0.1, -0.05) is 12.1 Å². The van der Waals surface area contributed by atoms with Crippen molar-refractivity contribution in [1.29, 1.82) is 0 Å². The minimum atomic E-state index is -0.642. The SMILES string of the molecule is COC(=O)c1ccc(NC(=O)[C@H](C)Oc2cccc(C)c2)cc1. The number of nitrogens with one attached hydrogen (secondary N) is 1. The number of anilines is 1. The summed E-state index contributed by atoms with van der Waals surface area (Å²) in [6.07, 6.45) is -0.642. The molecule has 0 fully saturated rings. The van der Waals surface area contributed by atoms with Crippen molar-refractivity contribution in [3.05, 3.63) is 59.7 Å². The van der Waals surface area contributed by atoms with E-state index in [1.54, 1.807) is 31.2 Å². The summed E-state index contributed by atoms with van der Waals surface area (Å²) in [5, 5.41) is 2.74. The van der Waals surface area contributed by atoms with Crippen molar-refractivity contribution < 1.29 is 19.1 Å². The number of benzene rings is 2. The maximum absolute atomic E-state index is 12.1. The maximum atomic E-state index is 12.1. The Kier molecular flexibility index (Phi) is 5.36. The van der Waals surface area contributed by atoms with Crippen LogP contribution >= 0.6 is 0 Å². The molecule has 0 saturated carbocycles. The first-order valence-corrected chi connectivity index (χ1v) is 7.22. The van der Waals surface area contributed by atoms with E-state index in [2.05, 4.69) is 10.1 Å². The van der Waals surface area contributed by atoms with Crippen LogP contribution in [0.4, 0.5) is 5.69 Å². The summed E-state index contributed by atoms with van der Waals surface area (Å²) in [6.45, 7) is 3.64. The van der Waals surface area contributed by atoms with Gasteiger partial charge >= 0.3 is 5.97 Å². The number of carbonyl (C=O) groups excluding carboxylic acids is 2. The molecule has 0 aromatic heterocycles. The molecule has 0 bridgehead atoms. The third-order valence-corrected chi connectivity index (χ3v) is 3.25. The highest BCUT2D eigenvalue weighted by Gasteiger charge is 2.15. The Balaban J connectivity index is 1.96. The molecule has 2 rings (SSSR count). The van der Waals surface area contributed by atoms with E-state index in [0.29, 0.717) is 17.0 Å². The Labute approximate surface area is 135 Å². The minimum Gasteiger partial charge on any atom is -0.481 e. The number of hydrogen-bond donors (Lipinski definition) is 1. The fourth-order valence-electron chi connectivity index (χ4n) is 2.00. The Morgan fingerprint density at radius 3 is 2.39 bits per heavy atom. The van der Waals surface area contributed by atoms with Gasteiger partial charge < -0.3 is 14.8 Å². The van der Waals surface area contributed by atoms with Gasteiger partial charge in [0.1, 0.15) is 5.75 Å². The van der Waals surface area contributed by atoms with E-state index in [1.165, 1.54) is 7.11 Å². The average Bonchev–Trinajstić information content (AvgIpc) is 2.54. The van der Waals surface area contributed by atoms with Crippen LogP contribution in [-0.4, -0.2) is 25.1 Å². The van der Waals surface area contributed by atoms with Crippen LogP contribution in [0.15, 0.2) is 48.5 Å². The molecular formula is C18H19NO4. The largest absolute Gasteiger partial charge is 0.481 e. The Bertz CT molecular complexity index is 694. The molecule has 0 heterocycles. The van der Waals surface area contributed by atoms with E-state index in [-0.39, 0.29) is 5.91 Å². The molecule has 0 aliphatic carbocycles. The van der Waals surface area contributed by atoms with Gasteiger partial charge in [0.15, 0.2) is 6.10 Å². The molecule has 2 aromatic carbocycles. The van der Waals surface area contributed by atoms with Crippen molar-refractivity contribution in [3.8, 4) is 5.75 Å². The van der Waals surface area contributed by atoms with E-state index < -0.39 is 12.1 Å². The lowest BCUT2D eigenvalue weighted by Gasteiger charge is -2.15. The number of esters is 1. The van der Waals surface area contributed by atoms with Crippen LogP contribution in [0.25, 0.3) is 0 Å². The van der Waals surface area contributed by atoms with E-state index in [1.807, 2.05) is 31.2 Å². The monoisotopic (exact) mass is 313 g/mol. The predicted octanol–water partition coefficient (Wildman–Crippen LogP) is 3.19. The van der Waals surface area contributed by atoms with Crippen molar-refractivity contribution in [2.24, 2.45) is 0 Å². The number of ether oxygens (including phenoxy) is 2. The molecule has 5 nitrogen and oxygen atoms in total. The number of carbonyl (C=O) groups is 2. The molecule has 0 spiro atoms. The Hall–Kier alpha value is -2.82. The third kappa shape index (κ3) is 4.57. The van der Waals surface area contributed by atoms with Gasteiger partial charge in [0, 0.05) is 5.69 Å². The normalized spacial score (nSPS) is 11.4. The maximum Gasteiger partial charge on any atom is 0.337 e. The molecule has 120 valence electrons. The smallest absolute Gasteiger partial charge is 0.337 e. The van der Waals surface area contributed by atoms with Gasteiger partial charge in [-0.2, -0.15) is 0 Å². The fraction of sp³-hybridized carbons (Fsp3) is 0.222. The summed E-state index contributed by atoms with van der Waals surface area (Å²) in [4.78, 5) is 23.5. The van der Waals surface area contributed by atoms with Gasteiger partial charge in [0.25, 0.3) is 5.91 Å². The van der Waals surface area contributed by atoms with E-state index in [9.17, 15) is 9.59 Å². The Morgan fingerprint density at radius 1 is 1.09 bits per heavy atom. The summed E-state index contributed by atoms with van der Waals surface area (Å²) in [7, 11) is 1.32. The van der Waals surface area contributed by atoms with Crippen molar-refractivity contribution in [2.75, 3.05) is 12.4 Å². The molecule has 0 saturated heterocycles. The molecule has 0 unspecified atom stereocenters. The second kappa shape index (κ2) is 7.45. The molecule has 1 amide bonds. The highest BCUT2D eigenvalue weighted by Crippen LogP contribution is 2.16. The zero-order valence-corrected chi connectivity index (χ0v) is 13.3. The molecule has 1 N–H and O–H groups in total. The second-order valence-corrected chi connectivity index (χ2v) is 5.13. The molecule has 5 heteroatoms. The zero-order valence-electron chi connectivity index (χ0n) is 13.3. The number of amides is 1. The second-order valence-electron chi connectivity index (χ2n) is 5.13. The molecule has 0 aliphatic heterocycles.